The van der Waals surface area contributed by atoms with Gasteiger partial charge in [-0.25, -0.2) is 4.98 Å². The lowest BCUT2D eigenvalue weighted by Crippen LogP contribution is -2.05. The maximum atomic E-state index is 8.96. The van der Waals surface area contributed by atoms with Crippen LogP contribution in [-0.2, 0) is 13.7 Å². The minimum atomic E-state index is 0.242. The van der Waals surface area contributed by atoms with E-state index < -0.39 is 0 Å². The van der Waals surface area contributed by atoms with E-state index in [2.05, 4.69) is 10.1 Å². The van der Waals surface area contributed by atoms with E-state index in [9.17, 15) is 0 Å². The molecule has 0 aliphatic heterocycles. The minimum absolute atomic E-state index is 0.242. The monoisotopic (exact) mass is 248 g/mol. The fourth-order valence-corrected chi connectivity index (χ4v) is 1.53. The summed E-state index contributed by atoms with van der Waals surface area (Å²) in [4.78, 5) is 4.02. The number of benzene rings is 1. The van der Waals surface area contributed by atoms with Crippen LogP contribution in [0.4, 0.5) is 0 Å². The number of nitrogens with zero attached hydrogens (tertiary/aromatic N) is 4. The number of aryl methyl sites for hydroxylation is 1. The molecule has 1 aromatic carbocycles. The van der Waals surface area contributed by atoms with Gasteiger partial charge in [-0.2, -0.15) is 10.4 Å². The van der Waals surface area contributed by atoms with E-state index in [-0.39, 0.29) is 6.61 Å². The summed E-state index contributed by atoms with van der Waals surface area (Å²) in [7, 11) is 1.77. The average molecular weight is 249 g/mol. The van der Waals surface area contributed by atoms with E-state index in [0.717, 1.165) is 0 Å². The molecule has 0 radical (unpaired) electrons. The summed E-state index contributed by atoms with van der Waals surface area (Å²) in [6.45, 7) is 0.242. The van der Waals surface area contributed by atoms with Crippen LogP contribution in [0.15, 0.2) is 24.5 Å². The zero-order valence-electron chi connectivity index (χ0n) is 9.09. The van der Waals surface area contributed by atoms with Crippen LogP contribution >= 0.6 is 11.6 Å². The SMILES string of the molecule is Cn1ncnc1COc1cccc(Cl)c1C#N. The van der Waals surface area contributed by atoms with Crippen LogP contribution < -0.4 is 4.74 Å². The second kappa shape index (κ2) is 4.85. The quantitative estimate of drug-likeness (QED) is 0.832. The first kappa shape index (κ1) is 11.4. The third kappa shape index (κ3) is 2.37. The van der Waals surface area contributed by atoms with Crippen LogP contribution in [-0.4, -0.2) is 14.8 Å². The first-order chi connectivity index (χ1) is 8.22. The molecule has 0 saturated carbocycles. The molecule has 0 saturated heterocycles. The van der Waals surface area contributed by atoms with Gasteiger partial charge in [0, 0.05) is 7.05 Å². The first-order valence-electron chi connectivity index (χ1n) is 4.86. The number of hydrogen-bond acceptors (Lipinski definition) is 4. The van der Waals surface area contributed by atoms with Crippen LogP contribution in [0.5, 0.6) is 5.75 Å². The number of hydrogen-bond donors (Lipinski definition) is 0. The van der Waals surface area contributed by atoms with Gasteiger partial charge in [0.25, 0.3) is 0 Å². The number of aromatic nitrogens is 3. The summed E-state index contributed by atoms with van der Waals surface area (Å²) in [5.74, 6) is 1.12. The number of ether oxygens (including phenoxy) is 1. The maximum absolute atomic E-state index is 8.96. The Kier molecular flexibility index (Phi) is 3.26. The van der Waals surface area contributed by atoms with Crippen LogP contribution in [0.25, 0.3) is 0 Å². The van der Waals surface area contributed by atoms with E-state index in [1.807, 2.05) is 6.07 Å². The Morgan fingerprint density at radius 1 is 1.53 bits per heavy atom. The van der Waals surface area contributed by atoms with Crippen molar-refractivity contribution in [2.24, 2.45) is 7.05 Å². The van der Waals surface area contributed by atoms with Gasteiger partial charge in [-0.15, -0.1) is 0 Å². The molecule has 0 amide bonds. The number of nitriles is 1. The zero-order valence-corrected chi connectivity index (χ0v) is 9.85. The topological polar surface area (TPSA) is 63.7 Å². The van der Waals surface area contributed by atoms with Crippen LogP contribution in [0.1, 0.15) is 11.4 Å². The predicted octanol–water partition coefficient (Wildman–Crippen LogP) is 1.92. The lowest BCUT2D eigenvalue weighted by molar-refractivity contribution is 0.289. The molecule has 2 rings (SSSR count). The van der Waals surface area contributed by atoms with Crippen molar-refractivity contribution in [3.05, 3.63) is 40.9 Å². The molecule has 86 valence electrons. The standard InChI is InChI=1S/C11H9ClN4O/c1-16-11(14-7-15-16)6-17-10-4-2-3-9(12)8(10)5-13/h2-4,7H,6H2,1H3. The number of halogens is 1. The second-order valence-electron chi connectivity index (χ2n) is 3.31. The van der Waals surface area contributed by atoms with Crippen molar-refractivity contribution in [2.45, 2.75) is 6.61 Å². The molecule has 17 heavy (non-hydrogen) atoms. The molecule has 6 heteroatoms. The third-order valence-electron chi connectivity index (χ3n) is 2.25. The zero-order chi connectivity index (χ0) is 12.3. The molecule has 1 heterocycles. The van der Waals surface area contributed by atoms with Gasteiger partial charge in [0.15, 0.2) is 5.82 Å². The minimum Gasteiger partial charge on any atom is -0.484 e. The summed E-state index contributed by atoms with van der Waals surface area (Å²) in [6, 6.07) is 7.08. The van der Waals surface area contributed by atoms with Crippen LogP contribution in [0.3, 0.4) is 0 Å². The van der Waals surface area contributed by atoms with Gasteiger partial charge in [-0.1, -0.05) is 17.7 Å². The molecule has 0 spiro atoms. The van der Waals surface area contributed by atoms with E-state index in [4.69, 9.17) is 21.6 Å². The van der Waals surface area contributed by atoms with Crippen molar-refractivity contribution in [2.75, 3.05) is 0 Å². The van der Waals surface area contributed by atoms with Crippen LogP contribution in [0.2, 0.25) is 5.02 Å². The highest BCUT2D eigenvalue weighted by molar-refractivity contribution is 6.31. The van der Waals surface area contributed by atoms with Gasteiger partial charge >= 0.3 is 0 Å². The second-order valence-corrected chi connectivity index (χ2v) is 3.72. The summed E-state index contributed by atoms with van der Waals surface area (Å²) >= 11 is 5.89. The average Bonchev–Trinajstić information content (AvgIpc) is 2.72. The highest BCUT2D eigenvalue weighted by Crippen LogP contribution is 2.25. The van der Waals surface area contributed by atoms with Gasteiger partial charge in [0.2, 0.25) is 0 Å². The third-order valence-corrected chi connectivity index (χ3v) is 2.56. The molecule has 1 aromatic heterocycles. The van der Waals surface area contributed by atoms with E-state index in [0.29, 0.717) is 22.2 Å². The Balaban J connectivity index is 2.18. The molecule has 5 nitrogen and oxygen atoms in total. The van der Waals surface area contributed by atoms with Crippen molar-refractivity contribution >= 4 is 11.6 Å². The smallest absolute Gasteiger partial charge is 0.164 e. The summed E-state index contributed by atoms with van der Waals surface area (Å²) in [6.07, 6.45) is 1.45. The summed E-state index contributed by atoms with van der Waals surface area (Å²) < 4.78 is 7.11. The lowest BCUT2D eigenvalue weighted by atomic mass is 10.2. The molecule has 0 unspecified atom stereocenters. The molecule has 0 aliphatic carbocycles. The van der Waals surface area contributed by atoms with E-state index in [1.165, 1.54) is 6.33 Å². The van der Waals surface area contributed by atoms with Gasteiger partial charge in [0.05, 0.1) is 5.02 Å². The van der Waals surface area contributed by atoms with Crippen molar-refractivity contribution in [3.63, 3.8) is 0 Å². The molecular formula is C11H9ClN4O. The molecule has 0 fully saturated rings. The maximum Gasteiger partial charge on any atom is 0.164 e. The van der Waals surface area contributed by atoms with Crippen molar-refractivity contribution < 1.29 is 4.74 Å². The Morgan fingerprint density at radius 2 is 2.35 bits per heavy atom. The van der Waals surface area contributed by atoms with E-state index >= 15 is 0 Å². The highest BCUT2D eigenvalue weighted by Gasteiger charge is 2.08. The van der Waals surface area contributed by atoms with Crippen molar-refractivity contribution in [1.82, 2.24) is 14.8 Å². The van der Waals surface area contributed by atoms with Crippen molar-refractivity contribution in [1.29, 1.82) is 5.26 Å². The molecule has 0 N–H and O–H groups in total. The van der Waals surface area contributed by atoms with Gasteiger partial charge < -0.3 is 4.74 Å². The molecule has 0 atom stereocenters. The molecule has 0 aliphatic rings. The van der Waals surface area contributed by atoms with Gasteiger partial charge in [-0.3, -0.25) is 4.68 Å². The number of rotatable bonds is 3. The Morgan fingerprint density at radius 3 is 3.00 bits per heavy atom. The van der Waals surface area contributed by atoms with Gasteiger partial charge in [0.1, 0.15) is 30.3 Å². The van der Waals surface area contributed by atoms with Crippen molar-refractivity contribution in [3.8, 4) is 11.8 Å². The largest absolute Gasteiger partial charge is 0.484 e. The fourth-order valence-electron chi connectivity index (χ4n) is 1.33. The Labute approximate surface area is 103 Å². The molecule has 2 aromatic rings. The predicted molar refractivity (Wildman–Crippen MR) is 61.5 cm³/mol. The van der Waals surface area contributed by atoms with Gasteiger partial charge in [-0.05, 0) is 12.1 Å². The highest BCUT2D eigenvalue weighted by atomic mass is 35.5. The summed E-state index contributed by atoms with van der Waals surface area (Å²) in [5, 5.41) is 13.3. The Hall–Kier alpha value is -2.06. The van der Waals surface area contributed by atoms with E-state index in [1.54, 1.807) is 29.9 Å². The first-order valence-corrected chi connectivity index (χ1v) is 5.24. The normalized spacial score (nSPS) is 9.94. The Bertz CT molecular complexity index is 573. The molecule has 0 bridgehead atoms. The summed E-state index contributed by atoms with van der Waals surface area (Å²) in [5.41, 5.74) is 0.330. The fraction of sp³-hybridized carbons (Fsp3) is 0.182. The lowest BCUT2D eigenvalue weighted by Gasteiger charge is -2.07. The van der Waals surface area contributed by atoms with Crippen LogP contribution in [0, 0.1) is 11.3 Å². The molecular weight excluding hydrogens is 240 g/mol.